The molecule has 0 bridgehead atoms. The number of hydrogen-bond donors (Lipinski definition) is 0. The molecular formula is C14H10BrF3O5. The van der Waals surface area contributed by atoms with Crippen LogP contribution in [0.2, 0.25) is 0 Å². The van der Waals surface area contributed by atoms with Crippen LogP contribution >= 0.6 is 15.9 Å². The van der Waals surface area contributed by atoms with Crippen LogP contribution in [0.3, 0.4) is 0 Å². The third-order valence-corrected chi connectivity index (χ3v) is 3.77. The Morgan fingerprint density at radius 3 is 2.04 bits per heavy atom. The lowest BCUT2D eigenvalue weighted by atomic mass is 9.80. The average Bonchev–Trinajstić information content (AvgIpc) is 2.46. The molecular weight excluding hydrogens is 385 g/mol. The minimum absolute atomic E-state index is 0.360. The van der Waals surface area contributed by atoms with Gasteiger partial charge in [0.2, 0.25) is 5.76 Å². The maximum absolute atomic E-state index is 13.7. The van der Waals surface area contributed by atoms with Crippen molar-refractivity contribution in [1.82, 2.24) is 0 Å². The summed E-state index contributed by atoms with van der Waals surface area (Å²) < 4.78 is 55.1. The maximum atomic E-state index is 13.7. The third-order valence-electron chi connectivity index (χ3n) is 3.24. The van der Waals surface area contributed by atoms with Crippen molar-refractivity contribution < 1.29 is 37.0 Å². The number of carbonyl (C=O) groups excluding carboxylic acids is 2. The molecule has 2 rings (SSSR count). The largest absolute Gasteiger partial charge is 0.465 e. The lowest BCUT2D eigenvalue weighted by Crippen LogP contribution is -2.56. The van der Waals surface area contributed by atoms with E-state index in [2.05, 4.69) is 25.4 Å². The van der Waals surface area contributed by atoms with Gasteiger partial charge in [-0.3, -0.25) is 0 Å². The van der Waals surface area contributed by atoms with Crippen LogP contribution in [0.25, 0.3) is 0 Å². The zero-order valence-electron chi connectivity index (χ0n) is 11.9. The Bertz CT molecular complexity index is 681. The summed E-state index contributed by atoms with van der Waals surface area (Å²) in [5, 5.41) is 0. The van der Waals surface area contributed by atoms with Crippen LogP contribution in [-0.2, 0) is 29.4 Å². The number of esters is 2. The number of carbonyl (C=O) groups is 2. The number of methoxy groups -OCH3 is 2. The van der Waals surface area contributed by atoms with Crippen molar-refractivity contribution in [3.05, 3.63) is 45.6 Å². The van der Waals surface area contributed by atoms with Gasteiger partial charge >= 0.3 is 18.1 Å². The minimum Gasteiger partial charge on any atom is -0.465 e. The molecule has 0 aliphatic carbocycles. The molecule has 1 heterocycles. The molecule has 1 aromatic carbocycles. The topological polar surface area (TPSA) is 61.8 Å². The van der Waals surface area contributed by atoms with Crippen LogP contribution in [0.4, 0.5) is 13.2 Å². The summed E-state index contributed by atoms with van der Waals surface area (Å²) in [6, 6.07) is 4.98. The Morgan fingerprint density at radius 2 is 1.61 bits per heavy atom. The van der Waals surface area contributed by atoms with E-state index in [1.54, 1.807) is 0 Å². The van der Waals surface area contributed by atoms with Gasteiger partial charge in [-0.1, -0.05) is 28.1 Å². The lowest BCUT2D eigenvalue weighted by molar-refractivity contribution is -0.278. The van der Waals surface area contributed by atoms with E-state index in [-0.39, 0.29) is 5.56 Å². The first-order valence-corrected chi connectivity index (χ1v) is 6.91. The Labute approximate surface area is 137 Å². The number of ether oxygens (including phenoxy) is 3. The van der Waals surface area contributed by atoms with Gasteiger partial charge in [-0.05, 0) is 12.1 Å². The van der Waals surface area contributed by atoms with Gasteiger partial charge in [-0.25, -0.2) is 9.59 Å². The summed E-state index contributed by atoms with van der Waals surface area (Å²) in [5.41, 5.74) is -4.38. The molecule has 0 N–H and O–H groups in total. The van der Waals surface area contributed by atoms with Crippen molar-refractivity contribution in [3.63, 3.8) is 0 Å². The molecule has 0 saturated carbocycles. The predicted molar refractivity (Wildman–Crippen MR) is 74.0 cm³/mol. The van der Waals surface area contributed by atoms with E-state index in [9.17, 15) is 22.8 Å². The van der Waals surface area contributed by atoms with E-state index < -0.39 is 35.0 Å². The second kappa shape index (κ2) is 5.88. The van der Waals surface area contributed by atoms with Crippen LogP contribution in [0.5, 0.6) is 0 Å². The van der Waals surface area contributed by atoms with Crippen LogP contribution in [-0.4, -0.2) is 32.3 Å². The molecule has 0 aromatic heterocycles. The van der Waals surface area contributed by atoms with Gasteiger partial charge in [0.15, 0.2) is 0 Å². The van der Waals surface area contributed by atoms with E-state index in [0.29, 0.717) is 4.47 Å². The lowest BCUT2D eigenvalue weighted by Gasteiger charge is -2.44. The molecule has 0 amide bonds. The molecule has 0 spiro atoms. The zero-order valence-corrected chi connectivity index (χ0v) is 13.4. The Hall–Kier alpha value is -2.03. The summed E-state index contributed by atoms with van der Waals surface area (Å²) in [7, 11) is 1.87. The first-order valence-electron chi connectivity index (χ1n) is 6.12. The van der Waals surface area contributed by atoms with Crippen molar-refractivity contribution in [2.75, 3.05) is 14.2 Å². The van der Waals surface area contributed by atoms with E-state index >= 15 is 0 Å². The van der Waals surface area contributed by atoms with Crippen LogP contribution in [0.1, 0.15) is 5.56 Å². The van der Waals surface area contributed by atoms with Gasteiger partial charge in [0, 0.05) is 10.0 Å². The Kier molecular flexibility index (Phi) is 4.43. The highest BCUT2D eigenvalue weighted by molar-refractivity contribution is 9.10. The first-order chi connectivity index (χ1) is 10.7. The number of alkyl halides is 3. The van der Waals surface area contributed by atoms with Crippen LogP contribution < -0.4 is 0 Å². The van der Waals surface area contributed by atoms with Gasteiger partial charge in [0.05, 0.1) is 14.2 Å². The molecule has 124 valence electrons. The highest BCUT2D eigenvalue weighted by Gasteiger charge is 2.71. The number of hydrogen-bond acceptors (Lipinski definition) is 5. The fourth-order valence-electron chi connectivity index (χ4n) is 2.19. The standard InChI is InChI=1S/C14H10BrF3O5/c1-21-11(19)9-10(12(20)22-2)23-13(9,14(16,17)18)7-3-5-8(15)6-4-7/h3-6H,1-2H3/t13-/m0/s1. The predicted octanol–water partition coefficient (Wildman–Crippen LogP) is 2.84. The molecule has 0 radical (unpaired) electrons. The van der Waals surface area contributed by atoms with Gasteiger partial charge in [-0.15, -0.1) is 0 Å². The molecule has 0 fully saturated rings. The molecule has 1 aromatic rings. The van der Waals surface area contributed by atoms with Crippen molar-refractivity contribution in [3.8, 4) is 0 Å². The molecule has 9 heteroatoms. The maximum Gasteiger partial charge on any atom is 0.437 e. The second-order valence-electron chi connectivity index (χ2n) is 4.48. The fourth-order valence-corrected chi connectivity index (χ4v) is 2.46. The third kappa shape index (κ3) is 2.58. The second-order valence-corrected chi connectivity index (χ2v) is 5.39. The smallest absolute Gasteiger partial charge is 0.437 e. The molecule has 1 atom stereocenters. The molecule has 1 aliphatic rings. The van der Waals surface area contributed by atoms with E-state index in [1.807, 2.05) is 0 Å². The van der Waals surface area contributed by atoms with E-state index in [0.717, 1.165) is 26.4 Å². The van der Waals surface area contributed by atoms with Crippen LogP contribution in [0.15, 0.2) is 40.1 Å². The summed E-state index contributed by atoms with van der Waals surface area (Å²) in [5.74, 6) is -3.33. The van der Waals surface area contributed by atoms with Gasteiger partial charge in [-0.2, -0.15) is 13.2 Å². The zero-order chi connectivity index (χ0) is 17.4. The number of halogens is 4. The van der Waals surface area contributed by atoms with Crippen molar-refractivity contribution in [2.24, 2.45) is 0 Å². The van der Waals surface area contributed by atoms with Crippen LogP contribution in [0, 0.1) is 0 Å². The average molecular weight is 395 g/mol. The van der Waals surface area contributed by atoms with Gasteiger partial charge in [0.1, 0.15) is 5.57 Å². The van der Waals surface area contributed by atoms with E-state index in [1.165, 1.54) is 12.1 Å². The fraction of sp³-hybridized carbons (Fsp3) is 0.286. The minimum atomic E-state index is -5.00. The van der Waals surface area contributed by atoms with Gasteiger partial charge in [0.25, 0.3) is 5.60 Å². The van der Waals surface area contributed by atoms with Crippen molar-refractivity contribution in [2.45, 2.75) is 11.8 Å². The molecule has 5 nitrogen and oxygen atoms in total. The highest BCUT2D eigenvalue weighted by atomic mass is 79.9. The number of benzene rings is 1. The SMILES string of the molecule is COC(=O)C1=C(C(=O)OC)[C@@](c2ccc(Br)cc2)(C(F)(F)F)O1. The Balaban J connectivity index is 2.70. The first kappa shape index (κ1) is 17.3. The Morgan fingerprint density at radius 1 is 1.09 bits per heavy atom. The summed E-state index contributed by atoms with van der Waals surface area (Å²) >= 11 is 3.11. The monoisotopic (exact) mass is 394 g/mol. The normalized spacial score (nSPS) is 20.4. The van der Waals surface area contributed by atoms with Crippen molar-refractivity contribution >= 4 is 27.9 Å². The van der Waals surface area contributed by atoms with Gasteiger partial charge < -0.3 is 14.2 Å². The quantitative estimate of drug-likeness (QED) is 0.737. The van der Waals surface area contributed by atoms with Crippen molar-refractivity contribution in [1.29, 1.82) is 0 Å². The molecule has 23 heavy (non-hydrogen) atoms. The summed E-state index contributed by atoms with van der Waals surface area (Å²) in [6.07, 6.45) is -5.00. The molecule has 1 aliphatic heterocycles. The summed E-state index contributed by atoms with van der Waals surface area (Å²) in [6.45, 7) is 0. The number of rotatable bonds is 3. The molecule has 0 unspecified atom stereocenters. The van der Waals surface area contributed by atoms with E-state index in [4.69, 9.17) is 4.74 Å². The summed E-state index contributed by atoms with van der Waals surface area (Å²) in [4.78, 5) is 23.4. The highest BCUT2D eigenvalue weighted by Crippen LogP contribution is 2.56. The molecule has 0 saturated heterocycles.